The number of likely N-dealkylation sites (tertiary alicyclic amines) is 2. The third-order valence-corrected chi connectivity index (χ3v) is 14.2. The molecule has 0 spiro atoms. The van der Waals surface area contributed by atoms with Crippen LogP contribution in [0.4, 0.5) is 31.9 Å². The van der Waals surface area contributed by atoms with E-state index in [2.05, 4.69) is 35.7 Å². The molecular weight excluding hydrogens is 867 g/mol. The van der Waals surface area contributed by atoms with Crippen molar-refractivity contribution in [1.29, 1.82) is 0 Å². The van der Waals surface area contributed by atoms with Crippen LogP contribution in [-0.2, 0) is 19.2 Å². The number of rotatable bonds is 12. The summed E-state index contributed by atoms with van der Waals surface area (Å²) in [7, 11) is 0. The van der Waals surface area contributed by atoms with Crippen molar-refractivity contribution in [3.63, 3.8) is 0 Å². The van der Waals surface area contributed by atoms with E-state index < -0.39 is 65.6 Å². The first-order chi connectivity index (χ1) is 31.4. The Hall–Kier alpha value is -6.06. The summed E-state index contributed by atoms with van der Waals surface area (Å²) in [5, 5.41) is 19.8. The van der Waals surface area contributed by atoms with Gasteiger partial charge in [0, 0.05) is 45.2 Å². The van der Waals surface area contributed by atoms with Gasteiger partial charge < -0.3 is 35.8 Å². The van der Waals surface area contributed by atoms with Gasteiger partial charge in [0.05, 0.1) is 53.2 Å². The Balaban J connectivity index is 0.875. The molecule has 18 heteroatoms. The van der Waals surface area contributed by atoms with Crippen LogP contribution in [0.15, 0.2) is 60.2 Å². The molecule has 4 aliphatic rings. The Labute approximate surface area is 387 Å². The molecular formula is C48H56F2N10O5S. The molecule has 3 aliphatic heterocycles. The van der Waals surface area contributed by atoms with Crippen molar-refractivity contribution in [2.75, 3.05) is 42.9 Å². The molecule has 6 heterocycles. The number of hydrogen-bond acceptors (Lipinski definition) is 11. The third kappa shape index (κ3) is 10.3. The van der Waals surface area contributed by atoms with E-state index in [1.807, 2.05) is 71.0 Å². The highest BCUT2D eigenvalue weighted by molar-refractivity contribution is 7.13. The van der Waals surface area contributed by atoms with Gasteiger partial charge in [0.2, 0.25) is 23.6 Å². The van der Waals surface area contributed by atoms with Crippen LogP contribution >= 0.6 is 11.3 Å². The number of aliphatic hydroxyl groups excluding tert-OH is 1. The number of halogens is 2. The number of aryl methyl sites for hydroxylation is 1. The predicted molar refractivity (Wildman–Crippen MR) is 246 cm³/mol. The molecule has 3 aromatic heterocycles. The monoisotopic (exact) mass is 922 g/mol. The molecule has 4 aromatic rings. The number of amides is 4. The molecule has 4 N–H and O–H groups in total. The number of aliphatic hydroxyl groups is 1. The van der Waals surface area contributed by atoms with Crippen molar-refractivity contribution in [2.45, 2.75) is 103 Å². The fraction of sp³-hybridized carbons (Fsp3) is 0.500. The topological polar surface area (TPSA) is 177 Å². The van der Waals surface area contributed by atoms with Gasteiger partial charge in [0.25, 0.3) is 5.92 Å². The lowest BCUT2D eigenvalue weighted by Crippen LogP contribution is -2.58. The second kappa shape index (κ2) is 18.7. The maximum Gasteiger partial charge on any atom is 0.266 e. The first-order valence-electron chi connectivity index (χ1n) is 22.5. The van der Waals surface area contributed by atoms with Crippen molar-refractivity contribution >= 4 is 58.1 Å². The molecule has 8 rings (SSSR count). The lowest BCUT2D eigenvalue weighted by atomic mass is 9.85. The summed E-state index contributed by atoms with van der Waals surface area (Å²) in [5.41, 5.74) is 5.18. The largest absolute Gasteiger partial charge is 0.391 e. The summed E-state index contributed by atoms with van der Waals surface area (Å²) in [6.07, 6.45) is 1.94. The molecule has 348 valence electrons. The van der Waals surface area contributed by atoms with Crippen molar-refractivity contribution in [2.24, 2.45) is 17.3 Å². The normalized spacial score (nSPS) is 22.6. The number of carbonyl (C=O) groups is 4. The second-order valence-corrected chi connectivity index (χ2v) is 20.0. The number of thiazole rings is 1. The van der Waals surface area contributed by atoms with Crippen LogP contribution in [0.2, 0.25) is 0 Å². The van der Waals surface area contributed by atoms with Gasteiger partial charge in [-0.3, -0.25) is 19.2 Å². The van der Waals surface area contributed by atoms with E-state index in [-0.39, 0.29) is 43.8 Å². The quantitative estimate of drug-likeness (QED) is 0.111. The van der Waals surface area contributed by atoms with Crippen LogP contribution in [0.1, 0.15) is 88.6 Å². The molecule has 4 fully saturated rings. The molecule has 1 aromatic carbocycles. The molecule has 0 unspecified atom stereocenters. The molecule has 6 atom stereocenters. The van der Waals surface area contributed by atoms with Gasteiger partial charge in [-0.25, -0.2) is 28.6 Å². The number of nitrogens with one attached hydrogen (secondary N) is 3. The maximum atomic E-state index is 14.3. The van der Waals surface area contributed by atoms with E-state index in [4.69, 9.17) is 6.57 Å². The smallest absolute Gasteiger partial charge is 0.266 e. The summed E-state index contributed by atoms with van der Waals surface area (Å²) in [6, 6.07) is 12.4. The zero-order valence-electron chi connectivity index (χ0n) is 37.8. The van der Waals surface area contributed by atoms with Crippen molar-refractivity contribution < 1.29 is 33.1 Å². The van der Waals surface area contributed by atoms with Gasteiger partial charge in [-0.2, -0.15) is 0 Å². The summed E-state index contributed by atoms with van der Waals surface area (Å²) in [6.45, 7) is 17.2. The summed E-state index contributed by atoms with van der Waals surface area (Å²) < 4.78 is 28.6. The standard InChI is InChI=1S/C48H56F2N10O5S/c1-27(29-7-9-31(10-8-29)41-28(2)53-26-66-41)54-44(63)37-22-34(61)24-60(37)46(65)42(47(3,4)5)57-43(62)35-23-36(35)45(64)58-16-12-30(13-17-58)32-19-39(55-38-21-33(51-6)11-15-52-38)56-40(20-32)59-18-14-48(49,50)25-59/h7-11,15,19-21,26-27,30,34-37,42,61H,12-14,16-18,22-25H2,1-5H3,(H,54,63)(H,57,62)(H,52,55,56)/t27-,34+,35+,36+,37-,42+/m0/s1. The van der Waals surface area contributed by atoms with E-state index in [0.717, 1.165) is 27.3 Å². The minimum Gasteiger partial charge on any atom is -0.391 e. The van der Waals surface area contributed by atoms with Gasteiger partial charge in [-0.05, 0) is 85.4 Å². The average molecular weight is 923 g/mol. The summed E-state index contributed by atoms with van der Waals surface area (Å²) in [5.74, 6) is -4.14. The molecule has 1 aliphatic carbocycles. The lowest BCUT2D eigenvalue weighted by Gasteiger charge is -2.35. The fourth-order valence-electron chi connectivity index (χ4n) is 9.31. The Morgan fingerprint density at radius 1 is 0.955 bits per heavy atom. The number of benzene rings is 1. The predicted octanol–water partition coefficient (Wildman–Crippen LogP) is 6.76. The Bertz CT molecular complexity index is 2520. The number of β-amino-alcohol motifs (C(OH)–C–C–N with tert-alkyl or cyclic N) is 1. The van der Waals surface area contributed by atoms with Crippen molar-refractivity contribution in [3.8, 4) is 10.4 Å². The number of hydrogen-bond donors (Lipinski definition) is 4. The Morgan fingerprint density at radius 2 is 1.70 bits per heavy atom. The minimum atomic E-state index is -2.82. The molecule has 66 heavy (non-hydrogen) atoms. The highest BCUT2D eigenvalue weighted by Gasteiger charge is 2.52. The first-order valence-corrected chi connectivity index (χ1v) is 23.4. The van der Waals surface area contributed by atoms with Crippen LogP contribution in [-0.4, -0.2) is 110 Å². The number of nitrogens with zero attached hydrogens (tertiary/aromatic N) is 7. The van der Waals surface area contributed by atoms with Gasteiger partial charge in [-0.1, -0.05) is 45.0 Å². The minimum absolute atomic E-state index is 0.00233. The molecule has 0 radical (unpaired) electrons. The van der Waals surface area contributed by atoms with Crippen molar-refractivity contribution in [1.82, 2.24) is 35.4 Å². The SMILES string of the molecule is [C-]#[N+]c1ccnc(Nc2cc(C3CCN(C(=O)[C@@H]4C[C@H]4C(=O)N[C@H](C(=O)N4C[C@H](O)C[C@H]4C(=O)N[C@@H](C)c4ccc(-c5scnc5C)cc4)C(C)(C)C)CC3)cc(N3CCC(F)(F)C3)n2)c1. The zero-order valence-corrected chi connectivity index (χ0v) is 38.6. The Kier molecular flexibility index (Phi) is 13.1. The lowest BCUT2D eigenvalue weighted by molar-refractivity contribution is -0.144. The van der Waals surface area contributed by atoms with Gasteiger partial charge >= 0.3 is 0 Å². The maximum absolute atomic E-state index is 14.3. The van der Waals surface area contributed by atoms with Crippen LogP contribution in [0, 0.1) is 30.7 Å². The summed E-state index contributed by atoms with van der Waals surface area (Å²) in [4.78, 5) is 78.3. The van der Waals surface area contributed by atoms with Gasteiger partial charge in [0.15, 0.2) is 5.69 Å². The fourth-order valence-corrected chi connectivity index (χ4v) is 10.1. The molecule has 4 amide bonds. The third-order valence-electron chi connectivity index (χ3n) is 13.2. The number of carbonyl (C=O) groups excluding carboxylic acids is 4. The first kappa shape index (κ1) is 46.5. The number of anilines is 3. The molecule has 15 nitrogen and oxygen atoms in total. The van der Waals surface area contributed by atoms with Crippen LogP contribution < -0.4 is 20.9 Å². The average Bonchev–Trinajstić information content (AvgIpc) is 3.59. The number of piperidine rings is 1. The number of pyridine rings is 2. The van der Waals surface area contributed by atoms with E-state index in [0.29, 0.717) is 55.5 Å². The highest BCUT2D eigenvalue weighted by Crippen LogP contribution is 2.43. The Morgan fingerprint density at radius 3 is 2.35 bits per heavy atom. The van der Waals surface area contributed by atoms with Gasteiger partial charge in [0.1, 0.15) is 29.5 Å². The molecule has 0 bridgehead atoms. The highest BCUT2D eigenvalue weighted by atomic mass is 32.1. The number of alkyl halides is 2. The van der Waals surface area contributed by atoms with Crippen LogP contribution in [0.25, 0.3) is 15.3 Å². The van der Waals surface area contributed by atoms with Crippen LogP contribution in [0.5, 0.6) is 0 Å². The van der Waals surface area contributed by atoms with Gasteiger partial charge in [-0.15, -0.1) is 11.3 Å². The summed E-state index contributed by atoms with van der Waals surface area (Å²) >= 11 is 1.56. The van der Waals surface area contributed by atoms with E-state index in [1.165, 1.54) is 11.1 Å². The molecule has 3 saturated heterocycles. The van der Waals surface area contributed by atoms with E-state index in [1.54, 1.807) is 38.8 Å². The van der Waals surface area contributed by atoms with E-state index >= 15 is 0 Å². The van der Waals surface area contributed by atoms with Crippen LogP contribution in [0.3, 0.4) is 0 Å². The molecule has 1 saturated carbocycles. The number of aromatic nitrogens is 3. The second-order valence-electron chi connectivity index (χ2n) is 19.2. The van der Waals surface area contributed by atoms with Crippen molar-refractivity contribution in [3.05, 3.63) is 88.5 Å². The zero-order chi connectivity index (χ0) is 47.1. The van der Waals surface area contributed by atoms with E-state index in [9.17, 15) is 33.1 Å².